The third kappa shape index (κ3) is 3.36. The van der Waals surface area contributed by atoms with Crippen molar-refractivity contribution in [3.8, 4) is 0 Å². The second kappa shape index (κ2) is 6.98. The highest BCUT2D eigenvalue weighted by Gasteiger charge is 2.13. The summed E-state index contributed by atoms with van der Waals surface area (Å²) >= 11 is 1.58. The van der Waals surface area contributed by atoms with E-state index in [1.165, 1.54) is 18.0 Å². The molecule has 7 heteroatoms. The maximum atomic E-state index is 13.9. The van der Waals surface area contributed by atoms with Gasteiger partial charge < -0.3 is 0 Å². The Morgan fingerprint density at radius 1 is 0.960 bits per heavy atom. The number of benzene rings is 2. The normalized spacial score (nSPS) is 11.1. The van der Waals surface area contributed by atoms with Gasteiger partial charge in [-0.25, -0.2) is 19.0 Å². The van der Waals surface area contributed by atoms with Gasteiger partial charge >= 0.3 is 0 Å². The second-order valence-corrected chi connectivity index (χ2v) is 6.43. The lowest BCUT2D eigenvalue weighted by molar-refractivity contribution is 0.582. The Bertz CT molecular complexity index is 1000. The van der Waals surface area contributed by atoms with Crippen LogP contribution in [0.15, 0.2) is 66.0 Å². The number of hydrogen-bond acceptors (Lipinski definition) is 5. The number of rotatable bonds is 5. The van der Waals surface area contributed by atoms with Crippen molar-refractivity contribution in [3.63, 3.8) is 0 Å². The van der Waals surface area contributed by atoms with Crippen LogP contribution in [-0.4, -0.2) is 25.0 Å². The maximum absolute atomic E-state index is 13.9. The maximum Gasteiger partial charge on any atom is 0.183 e. The van der Waals surface area contributed by atoms with E-state index in [2.05, 4.69) is 32.4 Å². The zero-order valence-electron chi connectivity index (χ0n) is 13.2. The number of fused-ring (bicyclic) bond motifs is 1. The molecule has 0 N–H and O–H groups in total. The Balaban J connectivity index is 1.61. The van der Waals surface area contributed by atoms with Crippen molar-refractivity contribution in [1.82, 2.24) is 25.0 Å². The van der Waals surface area contributed by atoms with Crippen LogP contribution in [0.4, 0.5) is 4.39 Å². The lowest BCUT2D eigenvalue weighted by atomic mass is 10.2. The van der Waals surface area contributed by atoms with Crippen molar-refractivity contribution >= 4 is 22.9 Å². The van der Waals surface area contributed by atoms with Crippen LogP contribution < -0.4 is 0 Å². The van der Waals surface area contributed by atoms with Gasteiger partial charge in [-0.3, -0.25) is 0 Å². The van der Waals surface area contributed by atoms with Crippen molar-refractivity contribution < 1.29 is 4.39 Å². The van der Waals surface area contributed by atoms with Gasteiger partial charge in [-0.1, -0.05) is 65.5 Å². The van der Waals surface area contributed by atoms with Crippen molar-refractivity contribution in [2.75, 3.05) is 0 Å². The largest absolute Gasteiger partial charge is 0.227 e. The summed E-state index contributed by atoms with van der Waals surface area (Å²) in [6, 6.07) is 16.8. The molecular weight excluding hydrogens is 337 g/mol. The van der Waals surface area contributed by atoms with Crippen molar-refractivity contribution in [2.45, 2.75) is 17.3 Å². The Labute approximate surface area is 147 Å². The zero-order chi connectivity index (χ0) is 17.1. The third-order valence-corrected chi connectivity index (χ3v) is 4.81. The van der Waals surface area contributed by atoms with Gasteiger partial charge in [0.1, 0.15) is 17.2 Å². The Morgan fingerprint density at radius 3 is 2.60 bits per heavy atom. The summed E-state index contributed by atoms with van der Waals surface area (Å²) in [5.41, 5.74) is 3.00. The Kier molecular flexibility index (Phi) is 4.39. The number of halogens is 1. The molecule has 0 bridgehead atoms. The van der Waals surface area contributed by atoms with Crippen LogP contribution in [0.2, 0.25) is 0 Å². The van der Waals surface area contributed by atoms with E-state index in [9.17, 15) is 4.39 Å². The fourth-order valence-corrected chi connectivity index (χ4v) is 3.38. The van der Waals surface area contributed by atoms with Crippen LogP contribution in [-0.2, 0) is 12.3 Å². The summed E-state index contributed by atoms with van der Waals surface area (Å²) in [5.74, 6) is 0.520. The summed E-state index contributed by atoms with van der Waals surface area (Å²) in [4.78, 5) is 8.60. The van der Waals surface area contributed by atoms with E-state index in [4.69, 9.17) is 0 Å². The minimum atomic E-state index is -0.265. The SMILES string of the molecule is Fc1ccccc1Cn1nnc2c(SCc3ccccc3)ncnc21. The van der Waals surface area contributed by atoms with Gasteiger partial charge in [0, 0.05) is 11.3 Å². The van der Waals surface area contributed by atoms with Gasteiger partial charge in [0.25, 0.3) is 0 Å². The standard InChI is InChI=1S/C18H14FN5S/c19-15-9-5-4-8-14(15)10-24-17-16(22-23-24)18(21-12-20-17)25-11-13-6-2-1-3-7-13/h1-9,12H,10-11H2. The lowest BCUT2D eigenvalue weighted by Crippen LogP contribution is -2.04. The molecule has 0 fully saturated rings. The predicted molar refractivity (Wildman–Crippen MR) is 94.6 cm³/mol. The highest BCUT2D eigenvalue weighted by Crippen LogP contribution is 2.26. The molecule has 4 aromatic rings. The number of hydrogen-bond donors (Lipinski definition) is 0. The molecule has 0 spiro atoms. The molecule has 25 heavy (non-hydrogen) atoms. The number of aromatic nitrogens is 5. The minimum absolute atomic E-state index is 0.265. The van der Waals surface area contributed by atoms with Gasteiger partial charge in [0.2, 0.25) is 0 Å². The van der Waals surface area contributed by atoms with Crippen LogP contribution >= 0.6 is 11.8 Å². The van der Waals surface area contributed by atoms with Gasteiger partial charge in [0.05, 0.1) is 6.54 Å². The molecule has 124 valence electrons. The molecule has 5 nitrogen and oxygen atoms in total. The number of nitrogens with zero attached hydrogens (tertiary/aromatic N) is 5. The Hall–Kier alpha value is -2.80. The Morgan fingerprint density at radius 2 is 1.76 bits per heavy atom. The van der Waals surface area contributed by atoms with Crippen LogP contribution in [0.1, 0.15) is 11.1 Å². The second-order valence-electron chi connectivity index (χ2n) is 5.46. The molecule has 0 aliphatic heterocycles. The summed E-state index contributed by atoms with van der Waals surface area (Å²) in [6.07, 6.45) is 1.50. The molecule has 2 heterocycles. The first-order valence-corrected chi connectivity index (χ1v) is 8.74. The molecule has 0 aliphatic carbocycles. The highest BCUT2D eigenvalue weighted by atomic mass is 32.2. The van der Waals surface area contributed by atoms with E-state index < -0.39 is 0 Å². The predicted octanol–water partition coefficient (Wildman–Crippen LogP) is 3.70. The van der Waals surface area contributed by atoms with Gasteiger partial charge in [-0.2, -0.15) is 0 Å². The molecule has 2 aromatic heterocycles. The van der Waals surface area contributed by atoms with E-state index in [-0.39, 0.29) is 12.4 Å². The summed E-state index contributed by atoms with van der Waals surface area (Å²) < 4.78 is 15.5. The average molecular weight is 351 g/mol. The van der Waals surface area contributed by atoms with E-state index in [0.29, 0.717) is 16.7 Å². The van der Waals surface area contributed by atoms with Gasteiger partial charge in [-0.15, -0.1) is 5.10 Å². The lowest BCUT2D eigenvalue weighted by Gasteiger charge is -2.04. The minimum Gasteiger partial charge on any atom is -0.227 e. The first-order valence-electron chi connectivity index (χ1n) is 7.75. The van der Waals surface area contributed by atoms with Crippen LogP contribution in [0.5, 0.6) is 0 Å². The average Bonchev–Trinajstić information content (AvgIpc) is 3.06. The van der Waals surface area contributed by atoms with E-state index >= 15 is 0 Å². The molecule has 0 radical (unpaired) electrons. The van der Waals surface area contributed by atoms with Crippen molar-refractivity contribution in [2.24, 2.45) is 0 Å². The third-order valence-electron chi connectivity index (χ3n) is 3.76. The molecule has 0 atom stereocenters. The topological polar surface area (TPSA) is 56.5 Å². The van der Waals surface area contributed by atoms with Crippen molar-refractivity contribution in [1.29, 1.82) is 0 Å². The zero-order valence-corrected chi connectivity index (χ0v) is 14.0. The molecule has 0 saturated heterocycles. The first kappa shape index (κ1) is 15.7. The fourth-order valence-electron chi connectivity index (χ4n) is 2.50. The van der Waals surface area contributed by atoms with Gasteiger partial charge in [-0.05, 0) is 11.6 Å². The van der Waals surface area contributed by atoms with E-state index in [0.717, 1.165) is 10.8 Å². The molecular formula is C18H14FN5S. The smallest absolute Gasteiger partial charge is 0.183 e. The molecule has 4 rings (SSSR count). The van der Waals surface area contributed by atoms with E-state index in [1.54, 1.807) is 34.6 Å². The fraction of sp³-hybridized carbons (Fsp3) is 0.111. The number of thioether (sulfide) groups is 1. The molecule has 0 saturated carbocycles. The molecule has 2 aromatic carbocycles. The first-order chi connectivity index (χ1) is 12.3. The monoisotopic (exact) mass is 351 g/mol. The molecule has 0 aliphatic rings. The van der Waals surface area contributed by atoms with Crippen molar-refractivity contribution in [3.05, 3.63) is 77.9 Å². The molecule has 0 unspecified atom stereocenters. The van der Waals surface area contributed by atoms with Crippen LogP contribution in [0.25, 0.3) is 11.2 Å². The highest BCUT2D eigenvalue weighted by molar-refractivity contribution is 7.98. The summed E-state index contributed by atoms with van der Waals surface area (Å²) in [7, 11) is 0. The van der Waals surface area contributed by atoms with Gasteiger partial charge in [0.15, 0.2) is 11.2 Å². The summed E-state index contributed by atoms with van der Waals surface area (Å²) in [6.45, 7) is 0.281. The quantitative estimate of drug-likeness (QED) is 0.405. The molecule has 0 amide bonds. The van der Waals surface area contributed by atoms with Crippen LogP contribution in [0.3, 0.4) is 0 Å². The summed E-state index contributed by atoms with van der Waals surface area (Å²) in [5, 5.41) is 9.10. The van der Waals surface area contributed by atoms with Crippen LogP contribution in [0, 0.1) is 5.82 Å². The van der Waals surface area contributed by atoms with E-state index in [1.807, 2.05) is 18.2 Å².